The molecule has 4 nitrogen and oxygen atoms in total. The van der Waals surface area contributed by atoms with Crippen molar-refractivity contribution in [3.05, 3.63) is 11.7 Å². The van der Waals surface area contributed by atoms with Gasteiger partial charge in [0.05, 0.1) is 6.04 Å². The zero-order valence-corrected chi connectivity index (χ0v) is 12.9. The van der Waals surface area contributed by atoms with Gasteiger partial charge in [-0.2, -0.15) is 4.98 Å². The third kappa shape index (κ3) is 2.75. The van der Waals surface area contributed by atoms with Crippen molar-refractivity contribution in [3.63, 3.8) is 0 Å². The lowest BCUT2D eigenvalue weighted by Gasteiger charge is -2.16. The van der Waals surface area contributed by atoms with Crippen LogP contribution in [0.5, 0.6) is 0 Å². The maximum absolute atomic E-state index is 5.66. The van der Waals surface area contributed by atoms with E-state index in [1.807, 2.05) is 0 Å². The van der Waals surface area contributed by atoms with E-state index in [0.717, 1.165) is 30.1 Å². The predicted octanol–water partition coefficient (Wildman–Crippen LogP) is 3.96. The second-order valence-corrected chi connectivity index (χ2v) is 7.27. The Balaban J connectivity index is 1.47. The molecule has 3 unspecified atom stereocenters. The summed E-state index contributed by atoms with van der Waals surface area (Å²) in [6, 6.07) is 0.326. The molecule has 21 heavy (non-hydrogen) atoms. The monoisotopic (exact) mass is 289 g/mol. The van der Waals surface area contributed by atoms with Crippen molar-refractivity contribution >= 4 is 0 Å². The molecule has 0 bridgehead atoms. The SMILES string of the molecule is C1CCCC(c2noc(C3NCC4CCCC43)n2)CCC1. The fourth-order valence-electron chi connectivity index (χ4n) is 4.71. The third-order valence-electron chi connectivity index (χ3n) is 5.94. The molecule has 3 fully saturated rings. The Morgan fingerprint density at radius 2 is 1.71 bits per heavy atom. The average molecular weight is 289 g/mol. The first-order valence-corrected chi connectivity index (χ1v) is 8.99. The fraction of sp³-hybridized carbons (Fsp3) is 0.882. The second kappa shape index (κ2) is 6.07. The molecule has 4 rings (SSSR count). The number of aromatic nitrogens is 2. The molecule has 4 heteroatoms. The Labute approximate surface area is 127 Å². The van der Waals surface area contributed by atoms with Crippen LogP contribution in [0.15, 0.2) is 4.52 Å². The van der Waals surface area contributed by atoms with E-state index >= 15 is 0 Å². The van der Waals surface area contributed by atoms with Crippen LogP contribution in [-0.2, 0) is 0 Å². The highest BCUT2D eigenvalue weighted by molar-refractivity contribution is 5.05. The molecule has 1 aliphatic heterocycles. The van der Waals surface area contributed by atoms with Gasteiger partial charge in [0, 0.05) is 5.92 Å². The molecule has 1 aromatic heterocycles. The van der Waals surface area contributed by atoms with Crippen LogP contribution in [0.1, 0.15) is 87.9 Å². The summed E-state index contributed by atoms with van der Waals surface area (Å²) in [5.74, 6) is 3.95. The van der Waals surface area contributed by atoms with Gasteiger partial charge in [-0.05, 0) is 44.1 Å². The van der Waals surface area contributed by atoms with Gasteiger partial charge >= 0.3 is 0 Å². The minimum absolute atomic E-state index is 0.326. The Morgan fingerprint density at radius 3 is 2.57 bits per heavy atom. The van der Waals surface area contributed by atoms with Crippen LogP contribution in [0.3, 0.4) is 0 Å². The summed E-state index contributed by atoms with van der Waals surface area (Å²) in [7, 11) is 0. The molecule has 0 radical (unpaired) electrons. The summed E-state index contributed by atoms with van der Waals surface area (Å²) in [6.45, 7) is 1.14. The minimum Gasteiger partial charge on any atom is -0.338 e. The Bertz CT molecular complexity index is 464. The van der Waals surface area contributed by atoms with Gasteiger partial charge in [-0.1, -0.05) is 43.7 Å². The number of hydrogen-bond donors (Lipinski definition) is 1. The lowest BCUT2D eigenvalue weighted by atomic mass is 9.90. The number of nitrogens with one attached hydrogen (secondary N) is 1. The van der Waals surface area contributed by atoms with Crippen molar-refractivity contribution in [2.24, 2.45) is 11.8 Å². The van der Waals surface area contributed by atoms with Gasteiger partial charge in [0.15, 0.2) is 5.82 Å². The quantitative estimate of drug-likeness (QED) is 0.895. The molecule has 2 saturated carbocycles. The van der Waals surface area contributed by atoms with Gasteiger partial charge in [-0.25, -0.2) is 0 Å². The second-order valence-electron chi connectivity index (χ2n) is 7.27. The van der Waals surface area contributed by atoms with Crippen LogP contribution in [-0.4, -0.2) is 16.7 Å². The van der Waals surface area contributed by atoms with Gasteiger partial charge in [-0.15, -0.1) is 0 Å². The maximum Gasteiger partial charge on any atom is 0.244 e. The minimum atomic E-state index is 0.326. The first-order chi connectivity index (χ1) is 10.4. The summed E-state index contributed by atoms with van der Waals surface area (Å²) in [4.78, 5) is 4.81. The molecule has 1 N–H and O–H groups in total. The summed E-state index contributed by atoms with van der Waals surface area (Å²) < 4.78 is 5.66. The van der Waals surface area contributed by atoms with E-state index in [2.05, 4.69) is 10.5 Å². The Kier molecular flexibility index (Phi) is 3.97. The van der Waals surface area contributed by atoms with Gasteiger partial charge in [0.1, 0.15) is 0 Å². The van der Waals surface area contributed by atoms with Crippen LogP contribution in [0.2, 0.25) is 0 Å². The number of rotatable bonds is 2. The number of hydrogen-bond acceptors (Lipinski definition) is 4. The van der Waals surface area contributed by atoms with E-state index in [9.17, 15) is 0 Å². The molecular weight excluding hydrogens is 262 g/mol. The summed E-state index contributed by atoms with van der Waals surface area (Å²) >= 11 is 0. The van der Waals surface area contributed by atoms with Gasteiger partial charge < -0.3 is 9.84 Å². The van der Waals surface area contributed by atoms with Gasteiger partial charge in [0.25, 0.3) is 0 Å². The summed E-state index contributed by atoms with van der Waals surface area (Å²) in [5, 5.41) is 7.96. The first kappa shape index (κ1) is 13.7. The zero-order chi connectivity index (χ0) is 14.1. The molecule has 0 aromatic carbocycles. The van der Waals surface area contributed by atoms with Crippen molar-refractivity contribution in [1.82, 2.24) is 15.5 Å². The van der Waals surface area contributed by atoms with Crippen molar-refractivity contribution in [1.29, 1.82) is 0 Å². The molecule has 0 amide bonds. The van der Waals surface area contributed by atoms with Crippen molar-refractivity contribution < 1.29 is 4.52 Å². The molecule has 3 atom stereocenters. The van der Waals surface area contributed by atoms with Gasteiger partial charge in [-0.3, -0.25) is 0 Å². The van der Waals surface area contributed by atoms with Gasteiger partial charge in [0.2, 0.25) is 5.89 Å². The largest absolute Gasteiger partial charge is 0.338 e. The maximum atomic E-state index is 5.66. The van der Waals surface area contributed by atoms with Crippen molar-refractivity contribution in [3.8, 4) is 0 Å². The first-order valence-electron chi connectivity index (χ1n) is 8.99. The lowest BCUT2D eigenvalue weighted by Crippen LogP contribution is -2.18. The zero-order valence-electron chi connectivity index (χ0n) is 12.9. The average Bonchev–Trinajstić information content (AvgIpc) is 3.13. The Hall–Kier alpha value is -0.900. The number of fused-ring (bicyclic) bond motifs is 1. The highest BCUT2D eigenvalue weighted by Crippen LogP contribution is 2.44. The summed E-state index contributed by atoms with van der Waals surface area (Å²) in [6.07, 6.45) is 13.3. The molecule has 2 aliphatic carbocycles. The molecule has 2 heterocycles. The fourth-order valence-corrected chi connectivity index (χ4v) is 4.71. The third-order valence-corrected chi connectivity index (χ3v) is 5.94. The molecule has 1 saturated heterocycles. The van der Waals surface area contributed by atoms with Crippen LogP contribution < -0.4 is 5.32 Å². The molecule has 1 aromatic rings. The molecule has 3 aliphatic rings. The van der Waals surface area contributed by atoms with E-state index < -0.39 is 0 Å². The van der Waals surface area contributed by atoms with Crippen LogP contribution >= 0.6 is 0 Å². The van der Waals surface area contributed by atoms with Crippen LogP contribution in [0, 0.1) is 11.8 Å². The van der Waals surface area contributed by atoms with E-state index in [1.54, 1.807) is 0 Å². The lowest BCUT2D eigenvalue weighted by molar-refractivity contribution is 0.298. The van der Waals surface area contributed by atoms with E-state index in [0.29, 0.717) is 12.0 Å². The molecule has 116 valence electrons. The van der Waals surface area contributed by atoms with Crippen molar-refractivity contribution in [2.45, 2.75) is 76.2 Å². The summed E-state index contributed by atoms with van der Waals surface area (Å²) in [5.41, 5.74) is 0. The van der Waals surface area contributed by atoms with Crippen LogP contribution in [0.25, 0.3) is 0 Å². The van der Waals surface area contributed by atoms with E-state index in [1.165, 1.54) is 64.2 Å². The van der Waals surface area contributed by atoms with E-state index in [-0.39, 0.29) is 0 Å². The van der Waals surface area contributed by atoms with Crippen LogP contribution in [0.4, 0.5) is 0 Å². The normalized spacial score (nSPS) is 34.6. The number of nitrogens with zero attached hydrogens (tertiary/aromatic N) is 2. The standard InChI is InChI=1S/C17H27N3O/c1-2-4-7-12(8-5-3-1)16-19-17(21-20-16)15-14-10-6-9-13(14)11-18-15/h12-15,18H,1-11H2. The topological polar surface area (TPSA) is 51.0 Å². The van der Waals surface area contributed by atoms with E-state index in [4.69, 9.17) is 9.51 Å². The smallest absolute Gasteiger partial charge is 0.244 e. The highest BCUT2D eigenvalue weighted by atomic mass is 16.5. The van der Waals surface area contributed by atoms with Crippen molar-refractivity contribution in [2.75, 3.05) is 6.54 Å². The molecular formula is C17H27N3O. The predicted molar refractivity (Wildman–Crippen MR) is 80.9 cm³/mol. The Morgan fingerprint density at radius 1 is 0.905 bits per heavy atom. The highest BCUT2D eigenvalue weighted by Gasteiger charge is 2.42. The molecule has 0 spiro atoms.